The van der Waals surface area contributed by atoms with Crippen LogP contribution in [0.4, 0.5) is 0 Å². The first kappa shape index (κ1) is 16.0. The van der Waals surface area contributed by atoms with Gasteiger partial charge < -0.3 is 14.5 Å². The Hall–Kier alpha value is -1.88. The van der Waals surface area contributed by atoms with Crippen LogP contribution in [0.5, 0.6) is 0 Å². The molecule has 2 aliphatic rings. The lowest BCUT2D eigenvalue weighted by atomic mass is 9.95. The highest BCUT2D eigenvalue weighted by Gasteiger charge is 2.42. The Balaban J connectivity index is 1.86. The van der Waals surface area contributed by atoms with E-state index in [1.807, 2.05) is 35.2 Å². The van der Waals surface area contributed by atoms with Gasteiger partial charge in [0.25, 0.3) is 5.91 Å². The molecule has 0 spiro atoms. The van der Waals surface area contributed by atoms with Crippen molar-refractivity contribution in [3.63, 3.8) is 0 Å². The minimum Gasteiger partial charge on any atom is -0.356 e. The van der Waals surface area contributed by atoms with Crippen molar-refractivity contribution < 1.29 is 14.3 Å². The second-order valence-corrected chi connectivity index (χ2v) is 6.62. The predicted molar refractivity (Wildman–Crippen MR) is 86.7 cm³/mol. The summed E-state index contributed by atoms with van der Waals surface area (Å²) in [6, 6.07) is 9.31. The average Bonchev–Trinajstić information content (AvgIpc) is 2.57. The number of morpholine rings is 1. The van der Waals surface area contributed by atoms with Gasteiger partial charge in [-0.3, -0.25) is 9.59 Å². The van der Waals surface area contributed by atoms with Gasteiger partial charge in [0.15, 0.2) is 6.10 Å². The molecule has 23 heavy (non-hydrogen) atoms. The van der Waals surface area contributed by atoms with Crippen LogP contribution in [0.1, 0.15) is 31.4 Å². The van der Waals surface area contributed by atoms with Crippen molar-refractivity contribution in [2.45, 2.75) is 31.9 Å². The molecule has 3 rings (SSSR count). The number of ether oxygens (including phenoxy) is 1. The van der Waals surface area contributed by atoms with Crippen molar-refractivity contribution in [1.82, 2.24) is 9.80 Å². The molecule has 3 unspecified atom stereocenters. The standard InChI is InChI=1S/C18H24N2O3/c1-13-7-6-10-20(11-13)18(22)17-16(14-8-4-3-5-9-14)19(2)15(21)12-23-17/h3-5,8-9,13,16-17H,6-7,10-12H2,1-2H3. The molecule has 0 saturated carbocycles. The lowest BCUT2D eigenvalue weighted by molar-refractivity contribution is -0.168. The van der Waals surface area contributed by atoms with Crippen molar-refractivity contribution in [3.8, 4) is 0 Å². The van der Waals surface area contributed by atoms with Gasteiger partial charge in [0.2, 0.25) is 5.91 Å². The molecule has 5 heteroatoms. The van der Waals surface area contributed by atoms with Gasteiger partial charge in [-0.05, 0) is 24.3 Å². The van der Waals surface area contributed by atoms with Gasteiger partial charge in [0, 0.05) is 20.1 Å². The minimum atomic E-state index is -0.620. The highest BCUT2D eigenvalue weighted by atomic mass is 16.5. The lowest BCUT2D eigenvalue weighted by Gasteiger charge is -2.41. The first-order valence-electron chi connectivity index (χ1n) is 8.29. The smallest absolute Gasteiger partial charge is 0.254 e. The number of rotatable bonds is 2. The van der Waals surface area contributed by atoms with Gasteiger partial charge in [0.1, 0.15) is 6.61 Å². The summed E-state index contributed by atoms with van der Waals surface area (Å²) in [7, 11) is 1.75. The fourth-order valence-corrected chi connectivity index (χ4v) is 3.54. The largest absolute Gasteiger partial charge is 0.356 e. The van der Waals surface area contributed by atoms with Gasteiger partial charge in [-0.1, -0.05) is 37.3 Å². The number of benzene rings is 1. The van der Waals surface area contributed by atoms with Crippen LogP contribution in [-0.4, -0.2) is 54.5 Å². The van der Waals surface area contributed by atoms with Crippen LogP contribution in [0, 0.1) is 5.92 Å². The van der Waals surface area contributed by atoms with E-state index < -0.39 is 6.10 Å². The molecule has 1 aromatic rings. The second-order valence-electron chi connectivity index (χ2n) is 6.62. The van der Waals surface area contributed by atoms with Crippen molar-refractivity contribution in [2.24, 2.45) is 5.92 Å². The van der Waals surface area contributed by atoms with Gasteiger partial charge in [0.05, 0.1) is 6.04 Å². The van der Waals surface area contributed by atoms with Gasteiger partial charge >= 0.3 is 0 Å². The first-order chi connectivity index (χ1) is 11.1. The summed E-state index contributed by atoms with van der Waals surface area (Å²) in [6.45, 7) is 3.70. The van der Waals surface area contributed by atoms with E-state index in [-0.39, 0.29) is 24.5 Å². The van der Waals surface area contributed by atoms with Crippen LogP contribution in [-0.2, 0) is 14.3 Å². The average molecular weight is 316 g/mol. The van der Waals surface area contributed by atoms with Crippen molar-refractivity contribution >= 4 is 11.8 Å². The number of likely N-dealkylation sites (tertiary alicyclic amines) is 1. The van der Waals surface area contributed by atoms with Crippen molar-refractivity contribution in [1.29, 1.82) is 0 Å². The Morgan fingerprint density at radius 3 is 2.70 bits per heavy atom. The Morgan fingerprint density at radius 1 is 1.26 bits per heavy atom. The number of nitrogens with zero attached hydrogens (tertiary/aromatic N) is 2. The van der Waals surface area contributed by atoms with Crippen molar-refractivity contribution in [3.05, 3.63) is 35.9 Å². The molecule has 2 fully saturated rings. The molecule has 1 aromatic carbocycles. The van der Waals surface area contributed by atoms with Gasteiger partial charge in [-0.15, -0.1) is 0 Å². The fourth-order valence-electron chi connectivity index (χ4n) is 3.54. The van der Waals surface area contributed by atoms with E-state index in [2.05, 4.69) is 6.92 Å². The van der Waals surface area contributed by atoms with Crippen LogP contribution >= 0.6 is 0 Å². The third kappa shape index (κ3) is 3.24. The van der Waals surface area contributed by atoms with Crippen LogP contribution < -0.4 is 0 Å². The van der Waals surface area contributed by atoms with Crippen molar-refractivity contribution in [2.75, 3.05) is 26.7 Å². The normalized spacial score (nSPS) is 28.8. The van der Waals surface area contributed by atoms with E-state index in [0.717, 1.165) is 31.5 Å². The third-order valence-electron chi connectivity index (χ3n) is 4.84. The Kier molecular flexibility index (Phi) is 4.66. The van der Waals surface area contributed by atoms with E-state index in [9.17, 15) is 9.59 Å². The summed E-state index contributed by atoms with van der Waals surface area (Å²) in [6.07, 6.45) is 1.57. The molecule has 0 radical (unpaired) electrons. The molecule has 2 saturated heterocycles. The molecule has 2 amide bonds. The number of hydrogen-bond donors (Lipinski definition) is 0. The van der Waals surface area contributed by atoms with Crippen LogP contribution in [0.3, 0.4) is 0 Å². The zero-order valence-corrected chi connectivity index (χ0v) is 13.8. The van der Waals surface area contributed by atoms with E-state index in [1.54, 1.807) is 11.9 Å². The predicted octanol–water partition coefficient (Wildman–Crippen LogP) is 1.84. The maximum absolute atomic E-state index is 13.0. The van der Waals surface area contributed by atoms with E-state index in [1.165, 1.54) is 0 Å². The first-order valence-corrected chi connectivity index (χ1v) is 8.29. The van der Waals surface area contributed by atoms with E-state index in [0.29, 0.717) is 5.92 Å². The number of amides is 2. The summed E-state index contributed by atoms with van der Waals surface area (Å²) in [5.41, 5.74) is 0.937. The monoisotopic (exact) mass is 316 g/mol. The number of carbonyl (C=O) groups is 2. The topological polar surface area (TPSA) is 49.9 Å². The summed E-state index contributed by atoms with van der Waals surface area (Å²) >= 11 is 0. The molecule has 3 atom stereocenters. The molecule has 5 nitrogen and oxygen atoms in total. The number of carbonyl (C=O) groups excluding carboxylic acids is 2. The zero-order chi connectivity index (χ0) is 16.4. The quantitative estimate of drug-likeness (QED) is 0.836. The number of likely N-dealkylation sites (N-methyl/N-ethyl adjacent to an activating group) is 1. The van der Waals surface area contributed by atoms with E-state index >= 15 is 0 Å². The Morgan fingerprint density at radius 2 is 2.00 bits per heavy atom. The second kappa shape index (κ2) is 6.71. The van der Waals surface area contributed by atoms with Gasteiger partial charge in [-0.2, -0.15) is 0 Å². The molecular weight excluding hydrogens is 292 g/mol. The number of piperidine rings is 1. The fraction of sp³-hybridized carbons (Fsp3) is 0.556. The number of hydrogen-bond acceptors (Lipinski definition) is 3. The summed E-state index contributed by atoms with van der Waals surface area (Å²) in [5, 5.41) is 0. The molecule has 0 bridgehead atoms. The third-order valence-corrected chi connectivity index (χ3v) is 4.84. The molecule has 124 valence electrons. The molecule has 0 aromatic heterocycles. The lowest BCUT2D eigenvalue weighted by Crippen LogP contribution is -2.55. The molecule has 2 heterocycles. The summed E-state index contributed by atoms with van der Waals surface area (Å²) < 4.78 is 5.70. The van der Waals surface area contributed by atoms with E-state index in [4.69, 9.17) is 4.74 Å². The summed E-state index contributed by atoms with van der Waals surface area (Å²) in [4.78, 5) is 28.6. The van der Waals surface area contributed by atoms with Crippen LogP contribution in [0.2, 0.25) is 0 Å². The Bertz CT molecular complexity index is 575. The zero-order valence-electron chi connectivity index (χ0n) is 13.8. The maximum atomic E-state index is 13.0. The molecule has 0 aliphatic carbocycles. The molecule has 2 aliphatic heterocycles. The maximum Gasteiger partial charge on any atom is 0.254 e. The van der Waals surface area contributed by atoms with Gasteiger partial charge in [-0.25, -0.2) is 0 Å². The highest BCUT2D eigenvalue weighted by Crippen LogP contribution is 2.31. The Labute approximate surface area is 137 Å². The summed E-state index contributed by atoms with van der Waals surface area (Å²) in [5.74, 6) is 0.436. The minimum absolute atomic E-state index is 0.00440. The van der Waals surface area contributed by atoms with Crippen LogP contribution in [0.25, 0.3) is 0 Å². The highest BCUT2D eigenvalue weighted by molar-refractivity contribution is 5.86. The molecule has 0 N–H and O–H groups in total. The van der Waals surface area contributed by atoms with Crippen LogP contribution in [0.15, 0.2) is 30.3 Å². The molecular formula is C18H24N2O3. The SMILES string of the molecule is CC1CCCN(C(=O)C2OCC(=O)N(C)C2c2ccccc2)C1.